The summed E-state index contributed by atoms with van der Waals surface area (Å²) in [6.45, 7) is 4.81. The van der Waals surface area contributed by atoms with Crippen LogP contribution in [-0.4, -0.2) is 53.4 Å². The van der Waals surface area contributed by atoms with Gasteiger partial charge in [-0.2, -0.15) is 0 Å². The monoisotopic (exact) mass is 304 g/mol. The molecule has 0 atom stereocenters. The van der Waals surface area contributed by atoms with Crippen LogP contribution in [0.5, 0.6) is 0 Å². The highest BCUT2D eigenvalue weighted by Gasteiger charge is 2.23. The first-order valence-corrected chi connectivity index (χ1v) is 7.38. The van der Waals surface area contributed by atoms with Gasteiger partial charge < -0.3 is 19.3 Å². The number of hydrogen-bond acceptors (Lipinski definition) is 3. The van der Waals surface area contributed by atoms with Crippen LogP contribution >= 0.6 is 0 Å². The second kappa shape index (κ2) is 6.50. The van der Waals surface area contributed by atoms with E-state index in [0.29, 0.717) is 18.8 Å². The van der Waals surface area contributed by atoms with Gasteiger partial charge in [-0.15, -0.1) is 0 Å². The number of hydrogen-bond donors (Lipinski definition) is 1. The largest absolute Gasteiger partial charge is 0.389 e. The summed E-state index contributed by atoms with van der Waals surface area (Å²) in [6, 6.07) is 9.80. The van der Waals surface area contributed by atoms with E-state index in [1.54, 1.807) is 32.9 Å². The van der Waals surface area contributed by atoms with Crippen LogP contribution < -0.4 is 0 Å². The number of amides is 1. The fourth-order valence-electron chi connectivity index (χ4n) is 2.66. The molecule has 22 heavy (non-hydrogen) atoms. The molecule has 120 valence electrons. The fourth-order valence-corrected chi connectivity index (χ4v) is 2.66. The Kier molecular flexibility index (Phi) is 4.88. The van der Waals surface area contributed by atoms with Gasteiger partial charge in [-0.3, -0.25) is 4.79 Å². The highest BCUT2D eigenvalue weighted by atomic mass is 16.5. The van der Waals surface area contributed by atoms with E-state index >= 15 is 0 Å². The molecule has 0 spiro atoms. The van der Waals surface area contributed by atoms with Crippen LogP contribution in [0.2, 0.25) is 0 Å². The van der Waals surface area contributed by atoms with Crippen molar-refractivity contribution in [2.75, 3.05) is 27.3 Å². The van der Waals surface area contributed by atoms with Crippen molar-refractivity contribution in [3.63, 3.8) is 0 Å². The first kappa shape index (κ1) is 16.5. The van der Waals surface area contributed by atoms with Crippen LogP contribution in [0.3, 0.4) is 0 Å². The van der Waals surface area contributed by atoms with Crippen molar-refractivity contribution in [3.05, 3.63) is 36.0 Å². The van der Waals surface area contributed by atoms with Gasteiger partial charge in [0.15, 0.2) is 0 Å². The first-order valence-electron chi connectivity index (χ1n) is 7.38. The van der Waals surface area contributed by atoms with E-state index in [2.05, 4.69) is 0 Å². The summed E-state index contributed by atoms with van der Waals surface area (Å²) in [5.41, 5.74) is 0.706. The predicted octanol–water partition coefficient (Wildman–Crippen LogP) is 2.13. The molecule has 5 heteroatoms. The van der Waals surface area contributed by atoms with E-state index in [9.17, 15) is 9.90 Å². The number of nitrogens with zero attached hydrogens (tertiary/aromatic N) is 2. The minimum atomic E-state index is -0.923. The third-order valence-electron chi connectivity index (χ3n) is 3.52. The maximum atomic E-state index is 12.7. The molecule has 0 aliphatic rings. The summed E-state index contributed by atoms with van der Waals surface area (Å²) in [6.07, 6.45) is 0. The van der Waals surface area contributed by atoms with Crippen LogP contribution in [0.1, 0.15) is 24.3 Å². The minimum absolute atomic E-state index is 0.102. The topological polar surface area (TPSA) is 54.7 Å². The summed E-state index contributed by atoms with van der Waals surface area (Å²) in [5, 5.41) is 10.9. The number of fused-ring (bicyclic) bond motifs is 1. The molecule has 0 radical (unpaired) electrons. The lowest BCUT2D eigenvalue weighted by atomic mass is 10.1. The molecule has 0 unspecified atom stereocenters. The number of aromatic nitrogens is 1. The van der Waals surface area contributed by atoms with Crippen molar-refractivity contribution < 1.29 is 14.6 Å². The molecule has 1 aromatic carbocycles. The van der Waals surface area contributed by atoms with E-state index in [0.717, 1.165) is 10.9 Å². The molecule has 2 rings (SSSR count). The quantitative estimate of drug-likeness (QED) is 0.889. The lowest BCUT2D eigenvalue weighted by Gasteiger charge is -2.26. The number of likely N-dealkylation sites (N-methyl/N-ethyl adjacent to an activating group) is 1. The van der Waals surface area contributed by atoms with Crippen LogP contribution in [0, 0.1) is 0 Å². The Hall–Kier alpha value is -1.85. The summed E-state index contributed by atoms with van der Waals surface area (Å²) in [4.78, 5) is 14.3. The predicted molar refractivity (Wildman–Crippen MR) is 87.1 cm³/mol. The van der Waals surface area contributed by atoms with Crippen molar-refractivity contribution in [1.82, 2.24) is 9.47 Å². The second-order valence-corrected chi connectivity index (χ2v) is 6.21. The Balaban J connectivity index is 2.38. The van der Waals surface area contributed by atoms with Crippen LogP contribution in [0.15, 0.2) is 30.3 Å². The number of carbonyl (C=O) groups is 1. The lowest BCUT2D eigenvalue weighted by Crippen LogP contribution is -2.40. The second-order valence-electron chi connectivity index (χ2n) is 6.21. The number of aliphatic hydroxyl groups is 1. The number of carbonyl (C=O) groups excluding carboxylic acids is 1. The van der Waals surface area contributed by atoms with Gasteiger partial charge in [0.1, 0.15) is 5.69 Å². The minimum Gasteiger partial charge on any atom is -0.389 e. The molecule has 0 saturated carbocycles. The Morgan fingerprint density at radius 1 is 1.36 bits per heavy atom. The molecule has 0 bridgehead atoms. The highest BCUT2D eigenvalue weighted by Crippen LogP contribution is 2.21. The molecule has 0 aliphatic carbocycles. The number of rotatable bonds is 6. The van der Waals surface area contributed by atoms with Crippen molar-refractivity contribution in [2.24, 2.45) is 0 Å². The number of benzene rings is 1. The van der Waals surface area contributed by atoms with Gasteiger partial charge in [-0.25, -0.2) is 0 Å². The zero-order chi connectivity index (χ0) is 16.3. The van der Waals surface area contributed by atoms with Gasteiger partial charge in [0, 0.05) is 38.1 Å². The molecule has 0 fully saturated rings. The van der Waals surface area contributed by atoms with E-state index in [4.69, 9.17) is 4.74 Å². The summed E-state index contributed by atoms with van der Waals surface area (Å²) in [7, 11) is 3.35. The molecular weight excluding hydrogens is 280 g/mol. The smallest absolute Gasteiger partial charge is 0.270 e. The van der Waals surface area contributed by atoms with Gasteiger partial charge in [0.25, 0.3) is 5.91 Å². The van der Waals surface area contributed by atoms with Gasteiger partial charge >= 0.3 is 0 Å². The number of methoxy groups -OCH3 is 1. The zero-order valence-corrected chi connectivity index (χ0v) is 13.7. The molecule has 0 saturated heterocycles. The number of para-hydroxylation sites is 1. The van der Waals surface area contributed by atoms with E-state index in [-0.39, 0.29) is 12.5 Å². The standard InChI is InChI=1S/C17H24N2O3/c1-17(2,21)12-18(3)16(20)15-11-13-7-5-6-8-14(13)19(15)9-10-22-4/h5-8,11,21H,9-10,12H2,1-4H3. The molecule has 5 nitrogen and oxygen atoms in total. The normalized spacial score (nSPS) is 11.9. The fraction of sp³-hybridized carbons (Fsp3) is 0.471. The van der Waals surface area contributed by atoms with Gasteiger partial charge in [0.05, 0.1) is 12.2 Å². The van der Waals surface area contributed by atoms with Gasteiger partial charge in [-0.1, -0.05) is 18.2 Å². The Morgan fingerprint density at radius 3 is 2.68 bits per heavy atom. The third kappa shape index (κ3) is 3.67. The van der Waals surface area contributed by atoms with Crippen molar-refractivity contribution in [3.8, 4) is 0 Å². The van der Waals surface area contributed by atoms with Crippen LogP contribution in [0.25, 0.3) is 10.9 Å². The molecule has 1 amide bonds. The van der Waals surface area contributed by atoms with E-state index in [1.165, 1.54) is 0 Å². The Bertz CT molecular complexity index is 655. The summed E-state index contributed by atoms with van der Waals surface area (Å²) in [5.74, 6) is -0.102. The molecular formula is C17H24N2O3. The maximum absolute atomic E-state index is 12.7. The molecule has 1 aromatic heterocycles. The Morgan fingerprint density at radius 2 is 2.05 bits per heavy atom. The Labute approximate surface area is 131 Å². The molecule has 2 aromatic rings. The summed E-state index contributed by atoms with van der Waals surface area (Å²) < 4.78 is 7.13. The molecule has 1 N–H and O–H groups in total. The first-order chi connectivity index (χ1) is 10.3. The zero-order valence-electron chi connectivity index (χ0n) is 13.7. The van der Waals surface area contributed by atoms with Crippen LogP contribution in [0.4, 0.5) is 0 Å². The number of ether oxygens (including phenoxy) is 1. The van der Waals surface area contributed by atoms with Crippen molar-refractivity contribution in [2.45, 2.75) is 26.0 Å². The van der Waals surface area contributed by atoms with E-state index in [1.807, 2.05) is 34.9 Å². The van der Waals surface area contributed by atoms with Crippen LogP contribution in [-0.2, 0) is 11.3 Å². The lowest BCUT2D eigenvalue weighted by molar-refractivity contribution is 0.0361. The molecule has 1 heterocycles. The molecule has 0 aliphatic heterocycles. The summed E-state index contributed by atoms with van der Waals surface area (Å²) >= 11 is 0. The SMILES string of the molecule is COCCn1c(C(=O)N(C)CC(C)(C)O)cc2ccccc21. The van der Waals surface area contributed by atoms with Gasteiger partial charge in [0.2, 0.25) is 0 Å². The maximum Gasteiger partial charge on any atom is 0.270 e. The van der Waals surface area contributed by atoms with Gasteiger partial charge in [-0.05, 0) is 26.0 Å². The highest BCUT2D eigenvalue weighted by molar-refractivity contribution is 5.98. The van der Waals surface area contributed by atoms with E-state index < -0.39 is 5.60 Å². The average Bonchev–Trinajstić information content (AvgIpc) is 2.81. The third-order valence-corrected chi connectivity index (χ3v) is 3.52. The van der Waals surface area contributed by atoms with Crippen molar-refractivity contribution in [1.29, 1.82) is 0 Å². The van der Waals surface area contributed by atoms with Crippen molar-refractivity contribution >= 4 is 16.8 Å². The average molecular weight is 304 g/mol.